The number of aliphatic hydroxyl groups is 2. The van der Waals surface area contributed by atoms with E-state index in [-0.39, 0.29) is 269 Å². The Morgan fingerprint density at radius 3 is 0.553 bits per heavy atom. The number of carboxylic acid groups (broad SMARTS) is 2. The number of rotatable bonds is 20. The third-order valence-electron chi connectivity index (χ3n) is 13.2. The van der Waals surface area contributed by atoms with Gasteiger partial charge in [-0.05, 0) is 93.0 Å². The summed E-state index contributed by atoms with van der Waals surface area (Å²) in [5, 5.41) is 159. The normalized spacial score (nSPS) is 9.84. The van der Waals surface area contributed by atoms with Crippen LogP contribution in [0.4, 0.5) is 0 Å². The molecule has 0 saturated heterocycles. The number of aliphatic imine (C=N–C) groups is 4. The first-order valence-corrected chi connectivity index (χ1v) is 31.7. The van der Waals surface area contributed by atoms with Gasteiger partial charge in [-0.15, -0.1) is 0 Å². The summed E-state index contributed by atoms with van der Waals surface area (Å²) in [7, 11) is 13.6. The molecule has 0 spiro atoms. The van der Waals surface area contributed by atoms with Gasteiger partial charge in [0.05, 0.1) is 93.2 Å². The predicted octanol–water partition coefficient (Wildman–Crippen LogP) is 4.18. The van der Waals surface area contributed by atoms with Crippen LogP contribution in [0.3, 0.4) is 0 Å². The number of hydrogen-bond donors (Lipinski definition) is 2. The molecule has 114 heavy (non-hydrogen) atoms. The molecule has 0 aromatic heterocycles. The summed E-state index contributed by atoms with van der Waals surface area (Å²) in [6.45, 7) is 10.3. The van der Waals surface area contributed by atoms with Crippen LogP contribution in [0.15, 0.2) is 166 Å². The van der Waals surface area contributed by atoms with Gasteiger partial charge in [-0.2, -0.15) is 0 Å². The minimum atomic E-state index is -1.75. The Morgan fingerprint density at radius 1 is 0.307 bits per heavy atom. The molecule has 0 heterocycles. The molecule has 2 N–H and O–H groups in total. The van der Waals surface area contributed by atoms with Crippen LogP contribution in [0.1, 0.15) is 86.1 Å². The number of ether oxygens (including phenoxy) is 8. The summed E-state index contributed by atoms with van der Waals surface area (Å²) in [6, 6.07) is 39.9. The third kappa shape index (κ3) is 45.0. The van der Waals surface area contributed by atoms with Gasteiger partial charge >= 0.3 is 151 Å². The molecule has 34 nitrogen and oxygen atoms in total. The Balaban J connectivity index is -0.000000305. The van der Waals surface area contributed by atoms with Crippen LogP contribution in [0.5, 0.6) is 92.0 Å². The van der Waals surface area contributed by atoms with Gasteiger partial charge in [0.1, 0.15) is 46.0 Å². The van der Waals surface area contributed by atoms with Gasteiger partial charge in [-0.3, -0.25) is 20.0 Å². The smallest absolute Gasteiger partial charge is 0.870 e. The second-order valence-electron chi connectivity index (χ2n) is 22.7. The number of hydrogen-bond acceptors (Lipinski definition) is 32. The number of aliphatic carboxylic acids is 2. The van der Waals surface area contributed by atoms with E-state index in [9.17, 15) is 60.7 Å². The zero-order valence-corrected chi connectivity index (χ0v) is 72.1. The van der Waals surface area contributed by atoms with Crippen molar-refractivity contribution >= 4 is 36.8 Å². The van der Waals surface area contributed by atoms with Gasteiger partial charge in [-0.25, -0.2) is 0 Å². The third-order valence-corrected chi connectivity index (χ3v) is 13.2. The summed E-state index contributed by atoms with van der Waals surface area (Å²) in [6.07, 6.45) is 5.79. The van der Waals surface area contributed by atoms with Crippen LogP contribution >= 0.6 is 0 Å². The maximum atomic E-state index is 11.9. The first-order valence-electron chi connectivity index (χ1n) is 31.7. The maximum absolute atomic E-state index is 11.9. The number of methoxy groups -OCH3 is 8. The van der Waals surface area contributed by atoms with E-state index in [1.165, 1.54) is 81.7 Å². The number of benzene rings is 8. The number of carbonyl (C=O) groups excluding carboxylic acids is 2. The largest absolute Gasteiger partial charge is 3.00 e. The van der Waals surface area contributed by atoms with Gasteiger partial charge in [0.15, 0.2) is 0 Å². The van der Waals surface area contributed by atoms with Gasteiger partial charge in [0.2, 0.25) is 0 Å². The van der Waals surface area contributed by atoms with Crippen LogP contribution in [0.2, 0.25) is 0 Å². The Kier molecular flexibility index (Phi) is 66.1. The molecular weight excluding hydrogens is 2100 g/mol. The zero-order chi connectivity index (χ0) is 84.3. The molecule has 0 atom stereocenters. The van der Waals surface area contributed by atoms with E-state index < -0.39 is 32.9 Å². The molecule has 0 aliphatic heterocycles. The van der Waals surface area contributed by atoms with E-state index in [4.69, 9.17) is 78.8 Å². The molecule has 632 valence electrons. The van der Waals surface area contributed by atoms with Crippen LogP contribution in [-0.4, -0.2) is 128 Å². The van der Waals surface area contributed by atoms with Gasteiger partial charge in [0.25, 0.3) is 0 Å². The van der Waals surface area contributed by atoms with Crippen molar-refractivity contribution < 1.29 is 270 Å². The first kappa shape index (κ1) is 116. The van der Waals surface area contributed by atoms with E-state index in [1.807, 2.05) is 0 Å². The molecule has 38 heteroatoms. The topological polar surface area (TPSA) is 561 Å². The fourth-order valence-electron chi connectivity index (χ4n) is 7.54. The molecule has 0 aliphatic rings. The summed E-state index contributed by atoms with van der Waals surface area (Å²) in [5.74, 6) is -1.46. The molecule has 8 aromatic carbocycles. The molecule has 0 unspecified atom stereocenters. The second-order valence-corrected chi connectivity index (χ2v) is 22.7. The SMILES string of the molecule is CC(C)(C)C(=O)[O-].CC(C)(C)C(=O)[O-].CO.CO.COc1cccc(C=NCc2cccc(OC)c2[O-])c1[O-].COc1cccc(C=NCc2cccc(OC)c2[O-])c1[O-].COc1cccc(C=NCc2cccc(OC)c2[O-])c1[O-].COc1cccc(C=NCc2cccc(OC)c2[O-])c1[O-].O=[N+]([O-])[O-].O=[N+]([O-])[O-].[Ho+3].[Ho+3].[Ho+3].[Ho+3]. The first-order chi connectivity index (χ1) is 52.0. The van der Waals surface area contributed by atoms with Crippen molar-refractivity contribution in [2.45, 2.75) is 67.7 Å². The number of carboxylic acids is 2. The monoisotopic (exact) mass is 2190 g/mol. The molecule has 8 aromatic rings. The van der Waals surface area contributed by atoms with Crippen molar-refractivity contribution in [3.8, 4) is 92.0 Å². The molecule has 0 fully saturated rings. The second kappa shape index (κ2) is 64.8. The van der Waals surface area contributed by atoms with E-state index in [0.29, 0.717) is 44.5 Å². The average Bonchev–Trinajstić information content (AvgIpc) is 0.895. The van der Waals surface area contributed by atoms with Crippen molar-refractivity contribution in [1.29, 1.82) is 0 Å². The van der Waals surface area contributed by atoms with Gasteiger partial charge in [-0.1, -0.05) is 185 Å². The van der Waals surface area contributed by atoms with E-state index in [1.54, 1.807) is 187 Å². The Bertz CT molecular complexity index is 3730. The Labute approximate surface area is 780 Å². The minimum Gasteiger partial charge on any atom is -0.870 e. The van der Waals surface area contributed by atoms with Gasteiger partial charge in [0, 0.05) is 61.8 Å². The van der Waals surface area contributed by atoms with Crippen LogP contribution in [0, 0.1) is 192 Å². The summed E-state index contributed by atoms with van der Waals surface area (Å²) in [5.41, 5.74) is 2.35. The molecule has 0 bridgehead atoms. The summed E-state index contributed by atoms with van der Waals surface area (Å²) in [4.78, 5) is 52.9. The average molecular weight is 2190 g/mol. The van der Waals surface area contributed by atoms with Crippen molar-refractivity contribution in [3.05, 3.63) is 221 Å². The van der Waals surface area contributed by atoms with Gasteiger partial charge < -0.3 is 139 Å². The molecule has 0 amide bonds. The molecule has 8 rings (SSSR count). The fraction of sp³-hybridized carbons (Fsp3) is 0.289. The van der Waals surface area contributed by atoms with Crippen molar-refractivity contribution in [2.24, 2.45) is 30.8 Å². The number of para-hydroxylation sites is 8. The van der Waals surface area contributed by atoms with Crippen molar-refractivity contribution in [3.63, 3.8) is 0 Å². The summed E-state index contributed by atoms with van der Waals surface area (Å²) >= 11 is 0. The molecule has 0 aliphatic carbocycles. The van der Waals surface area contributed by atoms with Crippen molar-refractivity contribution in [1.82, 2.24) is 0 Å². The quantitative estimate of drug-likeness (QED) is 0.0467. The van der Waals surface area contributed by atoms with Crippen LogP contribution in [-0.2, 0) is 35.8 Å². The standard InChI is InChI=1S/4C16H17NO4.2C5H10O2.2CH4O.4Ho.2NO3/c4*1-20-13-7-3-5-11(15(13)18)9-17-10-12-6-4-8-14(21-2)16(12)19;2*1-5(2,3)4(6)7;2*1-2;;;;;2*2-1(3)4/h4*3-9,18-19H,10H2,1-2H3;2*1-3H3,(H,6,7);2*2H,1H3;;;;;;/q;;;;;;;;4*+3;2*-1/p-10. The minimum absolute atomic E-state index is 0. The Morgan fingerprint density at radius 2 is 0.430 bits per heavy atom. The number of carbonyl (C=O) groups is 2. The van der Waals surface area contributed by atoms with E-state index in [2.05, 4.69) is 20.0 Å². The molecule has 0 saturated carbocycles. The Hall–Kier alpha value is -8.46. The molecule has 0 radical (unpaired) electrons. The maximum Gasteiger partial charge on any atom is 3.00 e. The number of aliphatic hydroxyl groups excluding tert-OH is 2. The van der Waals surface area contributed by atoms with Crippen LogP contribution in [0.25, 0.3) is 0 Å². The van der Waals surface area contributed by atoms with Crippen molar-refractivity contribution in [2.75, 3.05) is 71.1 Å². The predicted molar refractivity (Wildman–Crippen MR) is 391 cm³/mol. The van der Waals surface area contributed by atoms with Crippen LogP contribution < -0.4 is 89.0 Å². The van der Waals surface area contributed by atoms with E-state index >= 15 is 0 Å². The number of nitrogens with zero attached hydrogens (tertiary/aromatic N) is 6. The van der Waals surface area contributed by atoms with E-state index in [0.717, 1.165) is 14.2 Å². The fourth-order valence-corrected chi connectivity index (χ4v) is 7.54. The molecular formula is C76H86Ho4N6O28. The summed E-state index contributed by atoms with van der Waals surface area (Å²) < 4.78 is 39.7. The zero-order valence-electron chi connectivity index (χ0n) is 64.4.